The Kier molecular flexibility index (Phi) is 6.29. The zero-order valence-electron chi connectivity index (χ0n) is 14.1. The van der Waals surface area contributed by atoms with Crippen LogP contribution in [0.2, 0.25) is 0 Å². The summed E-state index contributed by atoms with van der Waals surface area (Å²) in [5, 5.41) is 7.63. The minimum atomic E-state index is 0.578. The Hall–Kier alpha value is -1.13. The van der Waals surface area contributed by atoms with E-state index in [2.05, 4.69) is 34.9 Å². The fourth-order valence-corrected chi connectivity index (χ4v) is 4.02. The van der Waals surface area contributed by atoms with Crippen LogP contribution in [0.4, 0.5) is 0 Å². The quantitative estimate of drug-likeness (QED) is 0.722. The van der Waals surface area contributed by atoms with Gasteiger partial charge in [-0.1, -0.05) is 43.5 Å². The first-order valence-electron chi connectivity index (χ1n) is 9.25. The topological polar surface area (TPSA) is 28.5 Å². The molecule has 0 unspecified atom stereocenters. The molecule has 3 nitrogen and oxygen atoms in total. The van der Waals surface area contributed by atoms with E-state index < -0.39 is 0 Å². The van der Waals surface area contributed by atoms with Crippen molar-refractivity contribution in [1.29, 1.82) is 0 Å². The van der Waals surface area contributed by atoms with E-state index in [1.807, 2.05) is 0 Å². The number of hydrogen-bond donors (Lipinski definition) is 3. The van der Waals surface area contributed by atoms with Gasteiger partial charge in [-0.2, -0.15) is 0 Å². The van der Waals surface area contributed by atoms with E-state index in [9.17, 15) is 0 Å². The highest BCUT2D eigenvalue weighted by Gasteiger charge is 2.15. The Labute approximate surface area is 145 Å². The molecule has 1 heterocycles. The van der Waals surface area contributed by atoms with Crippen molar-refractivity contribution in [2.75, 3.05) is 13.1 Å². The zero-order valence-corrected chi connectivity index (χ0v) is 14.9. The molecular weight excluding hydrogens is 302 g/mol. The Balaban J connectivity index is 1.40. The maximum Gasteiger partial charge on any atom is 0.166 e. The first kappa shape index (κ1) is 16.7. The molecule has 3 N–H and O–H groups in total. The van der Waals surface area contributed by atoms with Gasteiger partial charge in [-0.05, 0) is 30.6 Å². The molecule has 1 saturated carbocycles. The highest BCUT2D eigenvalue weighted by Crippen LogP contribution is 2.17. The third kappa shape index (κ3) is 5.47. The van der Waals surface area contributed by atoms with Crippen LogP contribution in [-0.2, 0) is 13.1 Å². The van der Waals surface area contributed by atoms with Crippen LogP contribution < -0.4 is 15.5 Å². The van der Waals surface area contributed by atoms with Crippen molar-refractivity contribution >= 4 is 17.3 Å². The number of hydrogen-bond acceptors (Lipinski definition) is 1. The highest BCUT2D eigenvalue weighted by atomic mass is 32.1. The van der Waals surface area contributed by atoms with Gasteiger partial charge in [0.1, 0.15) is 6.54 Å². The predicted octanol–water partition coefficient (Wildman–Crippen LogP) is 2.16. The van der Waals surface area contributed by atoms with Gasteiger partial charge in [0, 0.05) is 31.0 Å². The van der Waals surface area contributed by atoms with E-state index in [1.54, 1.807) is 4.90 Å². The van der Waals surface area contributed by atoms with E-state index in [-0.39, 0.29) is 0 Å². The maximum absolute atomic E-state index is 5.43. The molecule has 0 atom stereocenters. The summed E-state index contributed by atoms with van der Waals surface area (Å²) >= 11 is 5.43. The highest BCUT2D eigenvalue weighted by molar-refractivity contribution is 7.80. The summed E-state index contributed by atoms with van der Waals surface area (Å²) in [5.74, 6) is 0. The molecule has 0 bridgehead atoms. The molecule has 1 saturated heterocycles. The van der Waals surface area contributed by atoms with E-state index in [1.165, 1.54) is 75.7 Å². The van der Waals surface area contributed by atoms with Gasteiger partial charge in [-0.15, -0.1) is 0 Å². The molecule has 2 aliphatic rings. The lowest BCUT2D eigenvalue weighted by Gasteiger charge is -2.24. The number of likely N-dealkylation sites (tertiary alicyclic amines) is 1. The summed E-state index contributed by atoms with van der Waals surface area (Å²) in [6, 6.07) is 9.61. The normalized spacial score (nSPS) is 19.7. The van der Waals surface area contributed by atoms with Gasteiger partial charge in [0.15, 0.2) is 5.11 Å². The first-order chi connectivity index (χ1) is 11.3. The molecule has 0 aromatic heterocycles. The summed E-state index contributed by atoms with van der Waals surface area (Å²) in [6.07, 6.45) is 9.35. The molecule has 1 aromatic carbocycles. The summed E-state index contributed by atoms with van der Waals surface area (Å²) in [6.45, 7) is 4.67. The van der Waals surface area contributed by atoms with E-state index >= 15 is 0 Å². The average Bonchev–Trinajstić information content (AvgIpc) is 3.08. The van der Waals surface area contributed by atoms with Crippen molar-refractivity contribution < 1.29 is 4.90 Å². The third-order valence-electron chi connectivity index (χ3n) is 5.18. The number of quaternary nitrogens is 1. The van der Waals surface area contributed by atoms with Crippen LogP contribution in [-0.4, -0.2) is 24.2 Å². The first-order valence-corrected chi connectivity index (χ1v) is 9.66. The van der Waals surface area contributed by atoms with Crippen LogP contribution in [0.5, 0.6) is 0 Å². The van der Waals surface area contributed by atoms with Crippen molar-refractivity contribution in [3.63, 3.8) is 0 Å². The van der Waals surface area contributed by atoms with E-state index in [4.69, 9.17) is 12.2 Å². The smallest absolute Gasteiger partial charge is 0.166 e. The van der Waals surface area contributed by atoms with Crippen LogP contribution in [0.1, 0.15) is 56.1 Å². The van der Waals surface area contributed by atoms with Gasteiger partial charge in [0.05, 0.1) is 13.1 Å². The molecule has 0 amide bonds. The van der Waals surface area contributed by atoms with E-state index in [0.717, 1.165) is 11.7 Å². The number of thiocarbonyl (C=S) groups is 1. The number of rotatable bonds is 5. The third-order valence-corrected chi connectivity index (χ3v) is 5.44. The Morgan fingerprint density at radius 3 is 2.30 bits per heavy atom. The SMILES string of the molecule is S=C(NCc1ccc(C[NH+]2CCCC2)cc1)NC1CCCCC1. The van der Waals surface area contributed by atoms with Crippen molar-refractivity contribution in [3.05, 3.63) is 35.4 Å². The fourth-order valence-electron chi connectivity index (χ4n) is 3.78. The average molecular weight is 333 g/mol. The molecule has 0 radical (unpaired) electrons. The molecule has 4 heteroatoms. The van der Waals surface area contributed by atoms with Gasteiger partial charge in [0.25, 0.3) is 0 Å². The summed E-state index contributed by atoms with van der Waals surface area (Å²) < 4.78 is 0. The second-order valence-electron chi connectivity index (χ2n) is 7.11. The lowest BCUT2D eigenvalue weighted by molar-refractivity contribution is -0.901. The monoisotopic (exact) mass is 332 g/mol. The van der Waals surface area contributed by atoms with Crippen molar-refractivity contribution in [3.8, 4) is 0 Å². The largest absolute Gasteiger partial charge is 0.360 e. The summed E-state index contributed by atoms with van der Waals surface area (Å²) in [4.78, 5) is 1.73. The molecule has 1 aromatic rings. The summed E-state index contributed by atoms with van der Waals surface area (Å²) in [5.41, 5.74) is 2.76. The van der Waals surface area contributed by atoms with Crippen LogP contribution >= 0.6 is 12.2 Å². The van der Waals surface area contributed by atoms with Crippen LogP contribution in [0.15, 0.2) is 24.3 Å². The molecule has 1 aliphatic heterocycles. The molecule has 0 spiro atoms. The number of nitrogens with one attached hydrogen (secondary N) is 3. The second kappa shape index (κ2) is 8.65. The minimum absolute atomic E-state index is 0.578. The maximum atomic E-state index is 5.43. The van der Waals surface area contributed by atoms with E-state index in [0.29, 0.717) is 6.04 Å². The molecule has 23 heavy (non-hydrogen) atoms. The van der Waals surface area contributed by atoms with Crippen LogP contribution in [0, 0.1) is 0 Å². The van der Waals surface area contributed by atoms with Crippen molar-refractivity contribution in [2.45, 2.75) is 64.1 Å². The van der Waals surface area contributed by atoms with Gasteiger partial charge in [-0.3, -0.25) is 0 Å². The molecule has 126 valence electrons. The van der Waals surface area contributed by atoms with Gasteiger partial charge < -0.3 is 15.5 Å². The van der Waals surface area contributed by atoms with Gasteiger partial charge in [0.2, 0.25) is 0 Å². The zero-order chi connectivity index (χ0) is 15.9. The molecular formula is C19H30N3S+. The number of benzene rings is 1. The molecule has 1 aliphatic carbocycles. The Morgan fingerprint density at radius 1 is 0.957 bits per heavy atom. The molecule has 2 fully saturated rings. The second-order valence-corrected chi connectivity index (χ2v) is 7.52. The molecule has 3 rings (SSSR count). The van der Waals surface area contributed by atoms with Crippen molar-refractivity contribution in [1.82, 2.24) is 10.6 Å². The lowest BCUT2D eigenvalue weighted by atomic mass is 9.96. The van der Waals surface area contributed by atoms with Crippen LogP contribution in [0.3, 0.4) is 0 Å². The van der Waals surface area contributed by atoms with Gasteiger partial charge in [-0.25, -0.2) is 0 Å². The fraction of sp³-hybridized carbons (Fsp3) is 0.632. The summed E-state index contributed by atoms with van der Waals surface area (Å²) in [7, 11) is 0. The minimum Gasteiger partial charge on any atom is -0.360 e. The van der Waals surface area contributed by atoms with Crippen LogP contribution in [0.25, 0.3) is 0 Å². The standard InChI is InChI=1S/C19H29N3S/c23-19(21-18-6-2-1-3-7-18)20-14-16-8-10-17(11-9-16)15-22-12-4-5-13-22/h8-11,18H,1-7,12-15H2,(H2,20,21,23)/p+1. The Bertz CT molecular complexity index is 488. The van der Waals surface area contributed by atoms with Gasteiger partial charge >= 0.3 is 0 Å². The predicted molar refractivity (Wildman–Crippen MR) is 99.5 cm³/mol. The van der Waals surface area contributed by atoms with Crippen molar-refractivity contribution in [2.24, 2.45) is 0 Å². The Morgan fingerprint density at radius 2 is 1.61 bits per heavy atom. The lowest BCUT2D eigenvalue weighted by Crippen LogP contribution is -3.08.